The summed E-state index contributed by atoms with van der Waals surface area (Å²) in [5.74, 6) is 0.218. The van der Waals surface area contributed by atoms with E-state index in [1.165, 1.54) is 35.7 Å². The highest BCUT2D eigenvalue weighted by Gasteiger charge is 2.23. The number of thioether (sulfide) groups is 1. The Hall–Kier alpha value is -3.26. The third kappa shape index (κ3) is 4.92. The van der Waals surface area contributed by atoms with Gasteiger partial charge < -0.3 is 0 Å². The molecule has 2 aromatic carbocycles. The normalized spacial score (nSPS) is 17.0. The van der Waals surface area contributed by atoms with Gasteiger partial charge in [-0.1, -0.05) is 50.2 Å². The Balaban J connectivity index is 1.69. The van der Waals surface area contributed by atoms with Crippen LogP contribution in [0, 0.1) is 10.1 Å². The molecule has 1 N–H and O–H groups in total. The van der Waals surface area contributed by atoms with Gasteiger partial charge in [0.2, 0.25) is 0 Å². The van der Waals surface area contributed by atoms with Crippen LogP contribution in [0.15, 0.2) is 63.6 Å². The van der Waals surface area contributed by atoms with E-state index in [-0.39, 0.29) is 11.6 Å². The maximum Gasteiger partial charge on any atom is 0.270 e. The lowest BCUT2D eigenvalue weighted by Gasteiger charge is -2.04. The molecule has 0 bridgehead atoms. The highest BCUT2D eigenvalue weighted by atomic mass is 32.2. The molecule has 1 heterocycles. The van der Waals surface area contributed by atoms with Crippen molar-refractivity contribution in [3.05, 3.63) is 80.2 Å². The summed E-state index contributed by atoms with van der Waals surface area (Å²) in [5.41, 5.74) is 2.70. The Morgan fingerprint density at radius 1 is 1.14 bits per heavy atom. The zero-order valence-electron chi connectivity index (χ0n) is 15.3. The summed E-state index contributed by atoms with van der Waals surface area (Å²) >= 11 is 1.20. The van der Waals surface area contributed by atoms with Gasteiger partial charge in [0.25, 0.3) is 11.6 Å². The van der Waals surface area contributed by atoms with Crippen LogP contribution in [0.5, 0.6) is 0 Å². The average molecular weight is 394 g/mol. The van der Waals surface area contributed by atoms with Gasteiger partial charge in [0, 0.05) is 17.7 Å². The number of carbonyl (C=O) groups is 1. The Morgan fingerprint density at radius 2 is 1.89 bits per heavy atom. The molecule has 0 aliphatic carbocycles. The summed E-state index contributed by atoms with van der Waals surface area (Å²) in [6, 6.07) is 14.1. The van der Waals surface area contributed by atoms with Crippen LogP contribution in [0.1, 0.15) is 36.5 Å². The van der Waals surface area contributed by atoms with Crippen molar-refractivity contribution in [2.45, 2.75) is 19.8 Å². The summed E-state index contributed by atoms with van der Waals surface area (Å²) in [6.45, 7) is 4.26. The number of hydrogen-bond donors (Lipinski definition) is 1. The van der Waals surface area contributed by atoms with Gasteiger partial charge in [0.15, 0.2) is 5.17 Å². The maximum atomic E-state index is 12.1. The molecule has 1 amide bonds. The van der Waals surface area contributed by atoms with Crippen molar-refractivity contribution < 1.29 is 9.72 Å². The van der Waals surface area contributed by atoms with E-state index in [1.807, 2.05) is 24.3 Å². The van der Waals surface area contributed by atoms with Gasteiger partial charge in [-0.05, 0) is 34.9 Å². The Morgan fingerprint density at radius 3 is 2.57 bits per heavy atom. The largest absolute Gasteiger partial charge is 0.299 e. The second-order valence-corrected chi connectivity index (χ2v) is 7.42. The predicted molar refractivity (Wildman–Crippen MR) is 112 cm³/mol. The molecule has 1 aliphatic heterocycles. The zero-order chi connectivity index (χ0) is 20.1. The number of nitrogens with zero attached hydrogens (tertiary/aromatic N) is 3. The molecule has 0 saturated carbocycles. The average Bonchev–Trinajstić information content (AvgIpc) is 3.01. The predicted octanol–water partition coefficient (Wildman–Crippen LogP) is 4.31. The minimum atomic E-state index is -0.471. The summed E-state index contributed by atoms with van der Waals surface area (Å²) < 4.78 is 0. The van der Waals surface area contributed by atoms with E-state index in [1.54, 1.807) is 18.2 Å². The lowest BCUT2D eigenvalue weighted by Crippen LogP contribution is -2.19. The van der Waals surface area contributed by atoms with Gasteiger partial charge in [-0.25, -0.2) is 0 Å². The van der Waals surface area contributed by atoms with Gasteiger partial charge in [-0.15, -0.1) is 5.10 Å². The molecule has 0 unspecified atom stereocenters. The van der Waals surface area contributed by atoms with E-state index < -0.39 is 4.92 Å². The van der Waals surface area contributed by atoms with Gasteiger partial charge in [-0.2, -0.15) is 5.10 Å². The maximum absolute atomic E-state index is 12.1. The quantitative estimate of drug-likeness (QED) is 0.354. The highest BCUT2D eigenvalue weighted by molar-refractivity contribution is 8.18. The van der Waals surface area contributed by atoms with Crippen molar-refractivity contribution in [2.24, 2.45) is 10.2 Å². The van der Waals surface area contributed by atoms with Crippen molar-refractivity contribution in [1.82, 2.24) is 5.32 Å². The molecule has 28 heavy (non-hydrogen) atoms. The molecule has 3 rings (SSSR count). The molecule has 1 saturated heterocycles. The second kappa shape index (κ2) is 8.62. The smallest absolute Gasteiger partial charge is 0.270 e. The Bertz CT molecular complexity index is 995. The minimum Gasteiger partial charge on any atom is -0.299 e. The molecule has 1 aliphatic rings. The molecular weight excluding hydrogens is 376 g/mol. The number of rotatable bonds is 5. The van der Waals surface area contributed by atoms with Crippen LogP contribution in [0.3, 0.4) is 0 Å². The highest BCUT2D eigenvalue weighted by Crippen LogP contribution is 2.26. The van der Waals surface area contributed by atoms with Crippen molar-refractivity contribution in [1.29, 1.82) is 0 Å². The SMILES string of the molecule is CC(C)c1ccc(/C=C2/SC(=NN=Cc3cccc([N+](=O)[O-])c3)NC2=O)cc1. The summed E-state index contributed by atoms with van der Waals surface area (Å²) in [4.78, 5) is 23.0. The molecule has 0 aromatic heterocycles. The Labute approximate surface area is 166 Å². The van der Waals surface area contributed by atoms with Crippen LogP contribution in [0.4, 0.5) is 5.69 Å². The number of benzene rings is 2. The number of nitro groups is 1. The van der Waals surface area contributed by atoms with E-state index in [0.29, 0.717) is 21.6 Å². The third-order valence-electron chi connectivity index (χ3n) is 3.99. The molecule has 0 spiro atoms. The van der Waals surface area contributed by atoms with E-state index >= 15 is 0 Å². The van der Waals surface area contributed by atoms with Crippen LogP contribution in [0.2, 0.25) is 0 Å². The van der Waals surface area contributed by atoms with Crippen molar-refractivity contribution in [2.75, 3.05) is 0 Å². The first-order chi connectivity index (χ1) is 13.4. The first kappa shape index (κ1) is 19.5. The number of hydrogen-bond acceptors (Lipinski definition) is 6. The number of nitrogens with one attached hydrogen (secondary N) is 1. The molecular formula is C20H18N4O3S. The molecule has 142 valence electrons. The molecule has 0 atom stereocenters. The van der Waals surface area contributed by atoms with E-state index in [0.717, 1.165) is 5.56 Å². The number of amides is 1. The Kier molecular flexibility index (Phi) is 6.00. The van der Waals surface area contributed by atoms with E-state index in [9.17, 15) is 14.9 Å². The van der Waals surface area contributed by atoms with E-state index in [4.69, 9.17) is 0 Å². The van der Waals surface area contributed by atoms with Crippen LogP contribution >= 0.6 is 11.8 Å². The van der Waals surface area contributed by atoms with Crippen LogP contribution in [-0.2, 0) is 4.79 Å². The molecule has 7 nitrogen and oxygen atoms in total. The van der Waals surface area contributed by atoms with Gasteiger partial charge in [-0.3, -0.25) is 20.2 Å². The number of nitro benzene ring substituents is 1. The fraction of sp³-hybridized carbons (Fsp3) is 0.150. The fourth-order valence-corrected chi connectivity index (χ4v) is 3.25. The van der Waals surface area contributed by atoms with Crippen molar-refractivity contribution in [3.63, 3.8) is 0 Å². The topological polar surface area (TPSA) is 97.0 Å². The lowest BCUT2D eigenvalue weighted by atomic mass is 10.0. The summed E-state index contributed by atoms with van der Waals surface area (Å²) in [7, 11) is 0. The second-order valence-electron chi connectivity index (χ2n) is 6.39. The van der Waals surface area contributed by atoms with Crippen LogP contribution < -0.4 is 5.32 Å². The molecule has 1 fully saturated rings. The van der Waals surface area contributed by atoms with E-state index in [2.05, 4.69) is 29.4 Å². The minimum absolute atomic E-state index is 0.0196. The van der Waals surface area contributed by atoms with Gasteiger partial charge >= 0.3 is 0 Å². The number of amidine groups is 1. The van der Waals surface area contributed by atoms with Crippen LogP contribution in [-0.4, -0.2) is 22.2 Å². The monoisotopic (exact) mass is 394 g/mol. The van der Waals surface area contributed by atoms with Crippen molar-refractivity contribution in [3.8, 4) is 0 Å². The van der Waals surface area contributed by atoms with Crippen molar-refractivity contribution >= 4 is 40.8 Å². The summed E-state index contributed by atoms with van der Waals surface area (Å²) in [6.07, 6.45) is 3.20. The third-order valence-corrected chi connectivity index (χ3v) is 4.89. The molecule has 0 radical (unpaired) electrons. The molecule has 8 heteroatoms. The zero-order valence-corrected chi connectivity index (χ0v) is 16.1. The molecule has 2 aromatic rings. The van der Waals surface area contributed by atoms with Crippen LogP contribution in [0.25, 0.3) is 6.08 Å². The first-order valence-electron chi connectivity index (χ1n) is 8.59. The first-order valence-corrected chi connectivity index (χ1v) is 9.40. The lowest BCUT2D eigenvalue weighted by molar-refractivity contribution is -0.384. The summed E-state index contributed by atoms with van der Waals surface area (Å²) in [5, 5.41) is 21.7. The number of non-ortho nitro benzene ring substituents is 1. The van der Waals surface area contributed by atoms with Gasteiger partial charge in [0.05, 0.1) is 16.0 Å². The number of carbonyl (C=O) groups excluding carboxylic acids is 1. The van der Waals surface area contributed by atoms with Gasteiger partial charge in [0.1, 0.15) is 0 Å². The standard InChI is InChI=1S/C20H18N4O3S/c1-13(2)16-8-6-14(7-9-16)11-18-19(25)22-20(28-18)23-21-12-15-4-3-5-17(10-15)24(26)27/h3-13H,1-2H3,(H,22,23,25)/b18-11+,21-12?. The fourth-order valence-electron chi connectivity index (χ4n) is 2.47.